The molecule has 1 N–H and O–H groups in total. The van der Waals surface area contributed by atoms with Gasteiger partial charge in [-0.05, 0) is 24.6 Å². The first-order chi connectivity index (χ1) is 12.9. The van der Waals surface area contributed by atoms with E-state index in [1.807, 2.05) is 37.3 Å². The molecule has 1 heterocycles. The van der Waals surface area contributed by atoms with Crippen LogP contribution in [-0.4, -0.2) is 24.1 Å². The number of carbonyl (C=O) groups is 2. The Bertz CT molecular complexity index is 1020. The molecule has 1 atom stereocenters. The molecule has 0 bridgehead atoms. The average molecular weight is 404 g/mol. The summed E-state index contributed by atoms with van der Waals surface area (Å²) in [5.41, 5.74) is 1.19. The van der Waals surface area contributed by atoms with Gasteiger partial charge in [0.25, 0.3) is 0 Å². The van der Waals surface area contributed by atoms with Crippen molar-refractivity contribution < 1.29 is 19.4 Å². The number of hydrogen-bond acceptors (Lipinski definition) is 5. The fraction of sp³-hybridized carbons (Fsp3) is 0.200. The molecule has 5 nitrogen and oxygen atoms in total. The predicted octanol–water partition coefficient (Wildman–Crippen LogP) is 5.16. The summed E-state index contributed by atoms with van der Waals surface area (Å²) in [6.45, 7) is 3.34. The Balaban J connectivity index is 2.27. The molecule has 0 radical (unpaired) electrons. The fourth-order valence-electron chi connectivity index (χ4n) is 3.05. The highest BCUT2D eigenvalue weighted by atomic mass is 35.5. The van der Waals surface area contributed by atoms with E-state index >= 15 is 0 Å². The first-order valence-corrected chi connectivity index (χ1v) is 9.43. The number of hydrogen-bond donors (Lipinski definition) is 1. The molecule has 3 aromatic rings. The van der Waals surface area contributed by atoms with Crippen molar-refractivity contribution >= 4 is 49.9 Å². The largest absolute Gasteiger partial charge is 0.506 e. The van der Waals surface area contributed by atoms with Crippen LogP contribution in [0.15, 0.2) is 42.5 Å². The van der Waals surface area contributed by atoms with Crippen molar-refractivity contribution in [3.05, 3.63) is 58.6 Å². The number of nitrogens with zero attached hydrogens (tertiary/aromatic N) is 1. The van der Waals surface area contributed by atoms with E-state index in [1.54, 1.807) is 11.0 Å². The Morgan fingerprint density at radius 3 is 2.44 bits per heavy atom. The molecule has 0 aliphatic heterocycles. The molecule has 1 aromatic heterocycles. The molecule has 0 fully saturated rings. The van der Waals surface area contributed by atoms with Gasteiger partial charge in [-0.1, -0.05) is 41.9 Å². The van der Waals surface area contributed by atoms with Crippen LogP contribution in [0.25, 0.3) is 10.1 Å². The van der Waals surface area contributed by atoms with Crippen LogP contribution in [0.1, 0.15) is 35.8 Å². The highest BCUT2D eigenvalue weighted by Gasteiger charge is 2.30. The second-order valence-electron chi connectivity index (χ2n) is 6.02. The van der Waals surface area contributed by atoms with Crippen LogP contribution in [0.5, 0.6) is 5.75 Å². The van der Waals surface area contributed by atoms with Crippen molar-refractivity contribution in [3.63, 3.8) is 0 Å². The molecule has 0 aliphatic carbocycles. The van der Waals surface area contributed by atoms with Crippen LogP contribution in [-0.2, 0) is 9.53 Å². The third-order valence-electron chi connectivity index (χ3n) is 4.38. The van der Waals surface area contributed by atoms with Gasteiger partial charge in [-0.2, -0.15) is 0 Å². The van der Waals surface area contributed by atoms with Crippen molar-refractivity contribution in [2.24, 2.45) is 0 Å². The summed E-state index contributed by atoms with van der Waals surface area (Å²) >= 11 is 7.43. The summed E-state index contributed by atoms with van der Waals surface area (Å²) in [6, 6.07) is 12.2. The quantitative estimate of drug-likeness (QED) is 0.611. The van der Waals surface area contributed by atoms with E-state index in [0.29, 0.717) is 15.1 Å². The van der Waals surface area contributed by atoms with E-state index in [4.69, 9.17) is 16.3 Å². The Hall–Kier alpha value is -2.57. The van der Waals surface area contributed by atoms with Crippen LogP contribution >= 0.6 is 22.9 Å². The number of anilines is 1. The Morgan fingerprint density at radius 1 is 1.19 bits per heavy atom. The van der Waals surface area contributed by atoms with Crippen LogP contribution < -0.4 is 4.90 Å². The minimum Gasteiger partial charge on any atom is -0.506 e. The molecule has 3 rings (SSSR count). The molecule has 27 heavy (non-hydrogen) atoms. The number of esters is 1. The van der Waals surface area contributed by atoms with E-state index in [1.165, 1.54) is 31.4 Å². The summed E-state index contributed by atoms with van der Waals surface area (Å²) in [5.74, 6) is -0.869. The van der Waals surface area contributed by atoms with E-state index in [-0.39, 0.29) is 28.3 Å². The highest BCUT2D eigenvalue weighted by molar-refractivity contribution is 7.24. The van der Waals surface area contributed by atoms with Crippen molar-refractivity contribution in [2.75, 3.05) is 12.0 Å². The van der Waals surface area contributed by atoms with Crippen molar-refractivity contribution in [1.82, 2.24) is 0 Å². The lowest BCUT2D eigenvalue weighted by atomic mass is 10.1. The Morgan fingerprint density at radius 2 is 1.85 bits per heavy atom. The predicted molar refractivity (Wildman–Crippen MR) is 108 cm³/mol. The van der Waals surface area contributed by atoms with Gasteiger partial charge in [-0.25, -0.2) is 4.79 Å². The highest BCUT2D eigenvalue weighted by Crippen LogP contribution is 2.46. The summed E-state index contributed by atoms with van der Waals surface area (Å²) in [5, 5.41) is 11.0. The zero-order chi connectivity index (χ0) is 19.7. The number of amides is 1. The van der Waals surface area contributed by atoms with Crippen molar-refractivity contribution in [3.8, 4) is 5.75 Å². The smallest absolute Gasteiger partial charge is 0.341 e. The summed E-state index contributed by atoms with van der Waals surface area (Å²) in [4.78, 5) is 26.6. The van der Waals surface area contributed by atoms with E-state index in [9.17, 15) is 14.7 Å². The van der Waals surface area contributed by atoms with Gasteiger partial charge in [0.1, 0.15) is 21.3 Å². The molecule has 0 spiro atoms. The molecule has 0 saturated heterocycles. The summed E-state index contributed by atoms with van der Waals surface area (Å²) in [7, 11) is 1.29. The average Bonchev–Trinajstić information content (AvgIpc) is 3.04. The molecule has 2 aromatic carbocycles. The number of carbonyl (C=O) groups excluding carboxylic acids is 2. The maximum Gasteiger partial charge on any atom is 0.341 e. The van der Waals surface area contributed by atoms with Crippen LogP contribution in [0.4, 0.5) is 5.00 Å². The molecule has 140 valence electrons. The van der Waals surface area contributed by atoms with Gasteiger partial charge in [-0.15, -0.1) is 11.3 Å². The van der Waals surface area contributed by atoms with Crippen LogP contribution in [0, 0.1) is 0 Å². The molecule has 1 unspecified atom stereocenters. The molecule has 0 aliphatic rings. The fourth-order valence-corrected chi connectivity index (χ4v) is 4.67. The van der Waals surface area contributed by atoms with Gasteiger partial charge in [0.2, 0.25) is 5.91 Å². The SMILES string of the molecule is COC(=O)c1c(N(C(C)=O)C(C)c2ccccc2)sc2c(Cl)c(O)ccc12. The summed E-state index contributed by atoms with van der Waals surface area (Å²) in [6.07, 6.45) is 0. The summed E-state index contributed by atoms with van der Waals surface area (Å²) < 4.78 is 5.48. The maximum absolute atomic E-state index is 12.5. The van der Waals surface area contributed by atoms with Gasteiger partial charge in [0.15, 0.2) is 0 Å². The van der Waals surface area contributed by atoms with Crippen LogP contribution in [0.3, 0.4) is 0 Å². The second-order valence-corrected chi connectivity index (χ2v) is 7.40. The molecular weight excluding hydrogens is 386 g/mol. The lowest BCUT2D eigenvalue weighted by Gasteiger charge is -2.28. The Kier molecular flexibility index (Phi) is 5.39. The third-order valence-corrected chi connectivity index (χ3v) is 6.09. The minimum absolute atomic E-state index is 0.0844. The number of benzene rings is 2. The van der Waals surface area contributed by atoms with Gasteiger partial charge in [-0.3, -0.25) is 9.69 Å². The van der Waals surface area contributed by atoms with Crippen molar-refractivity contribution in [2.45, 2.75) is 19.9 Å². The number of ether oxygens (including phenoxy) is 1. The Labute approximate surface area is 165 Å². The lowest BCUT2D eigenvalue weighted by molar-refractivity contribution is -0.117. The first kappa shape index (κ1) is 19.2. The number of halogens is 1. The zero-order valence-corrected chi connectivity index (χ0v) is 16.6. The van der Waals surface area contributed by atoms with Crippen molar-refractivity contribution in [1.29, 1.82) is 0 Å². The number of thiophene rings is 1. The van der Waals surface area contributed by atoms with E-state index in [0.717, 1.165) is 5.56 Å². The number of phenolic OH excluding ortho intramolecular Hbond substituents is 1. The topological polar surface area (TPSA) is 66.8 Å². The van der Waals surface area contributed by atoms with Gasteiger partial charge in [0.05, 0.1) is 17.9 Å². The van der Waals surface area contributed by atoms with E-state index in [2.05, 4.69) is 0 Å². The third kappa shape index (κ3) is 3.38. The number of rotatable bonds is 4. The normalized spacial score (nSPS) is 12.0. The first-order valence-electron chi connectivity index (χ1n) is 8.23. The number of methoxy groups -OCH3 is 1. The maximum atomic E-state index is 12.5. The van der Waals surface area contributed by atoms with Crippen LogP contribution in [0.2, 0.25) is 5.02 Å². The van der Waals surface area contributed by atoms with E-state index < -0.39 is 5.97 Å². The number of fused-ring (bicyclic) bond motifs is 1. The van der Waals surface area contributed by atoms with Gasteiger partial charge in [0, 0.05) is 12.3 Å². The monoisotopic (exact) mass is 403 g/mol. The number of phenols is 1. The van der Waals surface area contributed by atoms with Gasteiger partial charge >= 0.3 is 5.97 Å². The molecular formula is C20H18ClNO4S. The standard InChI is InChI=1S/C20H18ClNO4S/c1-11(13-7-5-4-6-8-13)22(12(2)23)19-16(20(25)26-3)14-9-10-15(24)17(21)18(14)27-19/h4-11,24H,1-3H3. The second kappa shape index (κ2) is 7.58. The minimum atomic E-state index is -0.565. The zero-order valence-electron chi connectivity index (χ0n) is 15.0. The van der Waals surface area contributed by atoms with Gasteiger partial charge < -0.3 is 9.84 Å². The lowest BCUT2D eigenvalue weighted by Crippen LogP contribution is -2.32. The molecule has 0 saturated carbocycles. The number of aromatic hydroxyl groups is 1. The molecule has 1 amide bonds. The molecule has 7 heteroatoms.